The Bertz CT molecular complexity index is 1100. The second-order valence-corrected chi connectivity index (χ2v) is 7.18. The molecular formula is C18H21N5O5. The number of amides is 1. The lowest BCUT2D eigenvalue weighted by molar-refractivity contribution is -0.118. The summed E-state index contributed by atoms with van der Waals surface area (Å²) in [4.78, 5) is 35.5. The maximum atomic E-state index is 12.4. The lowest BCUT2D eigenvalue weighted by Gasteiger charge is -2.14. The quantitative estimate of drug-likeness (QED) is 0.511. The Morgan fingerprint density at radius 2 is 2.21 bits per heavy atom. The second kappa shape index (κ2) is 6.97. The van der Waals surface area contributed by atoms with Crippen molar-refractivity contribution in [2.45, 2.75) is 38.7 Å². The lowest BCUT2D eigenvalue weighted by atomic mass is 10.2. The van der Waals surface area contributed by atoms with Crippen LogP contribution in [0.15, 0.2) is 23.3 Å². The van der Waals surface area contributed by atoms with E-state index in [-0.39, 0.29) is 29.9 Å². The molecule has 4 rings (SSSR count). The van der Waals surface area contributed by atoms with Crippen LogP contribution < -0.4 is 10.9 Å². The molecular weight excluding hydrogens is 366 g/mol. The number of aromatic amines is 1. The van der Waals surface area contributed by atoms with Gasteiger partial charge in [0.05, 0.1) is 41.0 Å². The Hall–Kier alpha value is -2.82. The van der Waals surface area contributed by atoms with Gasteiger partial charge in [-0.3, -0.25) is 19.9 Å². The first kappa shape index (κ1) is 18.5. The average molecular weight is 387 g/mol. The van der Waals surface area contributed by atoms with E-state index in [1.165, 1.54) is 0 Å². The molecule has 3 atom stereocenters. The molecule has 1 aliphatic heterocycles. The van der Waals surface area contributed by atoms with Gasteiger partial charge in [-0.15, -0.1) is 0 Å². The monoisotopic (exact) mass is 387 g/mol. The molecule has 0 aliphatic carbocycles. The summed E-state index contributed by atoms with van der Waals surface area (Å²) in [5.41, 5.74) is 1.26. The van der Waals surface area contributed by atoms with Crippen molar-refractivity contribution in [2.24, 2.45) is 5.92 Å². The van der Waals surface area contributed by atoms with Crippen LogP contribution in [-0.4, -0.2) is 54.5 Å². The van der Waals surface area contributed by atoms with Crippen LogP contribution >= 0.6 is 0 Å². The Labute approximate surface area is 159 Å². The normalized spacial score (nSPS) is 22.4. The van der Waals surface area contributed by atoms with Crippen LogP contribution in [0.5, 0.6) is 0 Å². The molecule has 1 aromatic carbocycles. The summed E-state index contributed by atoms with van der Waals surface area (Å²) in [5, 5.41) is 22.2. The molecule has 28 heavy (non-hydrogen) atoms. The molecule has 3 aromatic rings. The number of aliphatic hydroxyl groups is 2. The lowest BCUT2D eigenvalue weighted by Crippen LogP contribution is -2.24. The maximum Gasteiger partial charge on any atom is 0.260 e. The van der Waals surface area contributed by atoms with E-state index in [1.807, 2.05) is 0 Å². The third kappa shape index (κ3) is 3.15. The molecule has 3 heterocycles. The average Bonchev–Trinajstić information content (AvgIpc) is 3.22. The first-order valence-electron chi connectivity index (χ1n) is 9.03. The largest absolute Gasteiger partial charge is 0.394 e. The first-order chi connectivity index (χ1) is 13.4. The zero-order valence-electron chi connectivity index (χ0n) is 15.4. The number of imidazole rings is 1. The molecule has 0 bridgehead atoms. The van der Waals surface area contributed by atoms with E-state index in [2.05, 4.69) is 20.3 Å². The number of carbonyl (C=O) groups excluding carboxylic acids is 1. The van der Waals surface area contributed by atoms with Crippen LogP contribution in [0.3, 0.4) is 0 Å². The van der Waals surface area contributed by atoms with Crippen LogP contribution in [0.2, 0.25) is 0 Å². The fraction of sp³-hybridized carbons (Fsp3) is 0.444. The van der Waals surface area contributed by atoms with Crippen molar-refractivity contribution in [1.29, 1.82) is 0 Å². The van der Waals surface area contributed by atoms with Gasteiger partial charge in [-0.05, 0) is 12.1 Å². The summed E-state index contributed by atoms with van der Waals surface area (Å²) in [7, 11) is 0. The van der Waals surface area contributed by atoms with Gasteiger partial charge in [0.2, 0.25) is 11.9 Å². The van der Waals surface area contributed by atoms with E-state index in [1.54, 1.807) is 36.9 Å². The number of H-pyrrole nitrogens is 1. The van der Waals surface area contributed by atoms with Gasteiger partial charge in [0.25, 0.3) is 5.56 Å². The standard InChI is InChI=1S/C18H21N5O5/c1-8(2)16(26)21-18-20-10-4-12-11(3-9(10)17(27)22-18)19-7-23(12)15-5-13(25)14(6-24)28-15/h3-4,7-8,13-15,24-25H,5-6H2,1-2H3,(H2,20,21,22,26,27)/t13-,14+,15+/m0/s1. The topological polar surface area (TPSA) is 142 Å². The highest BCUT2D eigenvalue weighted by Crippen LogP contribution is 2.32. The number of anilines is 1. The van der Waals surface area contributed by atoms with Crippen LogP contribution in [0.4, 0.5) is 5.95 Å². The van der Waals surface area contributed by atoms with Crippen molar-refractivity contribution in [3.05, 3.63) is 28.8 Å². The summed E-state index contributed by atoms with van der Waals surface area (Å²) < 4.78 is 7.43. The van der Waals surface area contributed by atoms with E-state index >= 15 is 0 Å². The number of hydrogen-bond donors (Lipinski definition) is 4. The summed E-state index contributed by atoms with van der Waals surface area (Å²) >= 11 is 0. The van der Waals surface area contributed by atoms with Crippen molar-refractivity contribution >= 4 is 33.8 Å². The molecule has 4 N–H and O–H groups in total. The van der Waals surface area contributed by atoms with Crippen molar-refractivity contribution in [2.75, 3.05) is 11.9 Å². The fourth-order valence-corrected chi connectivity index (χ4v) is 3.26. The number of fused-ring (bicyclic) bond motifs is 2. The highest BCUT2D eigenvalue weighted by atomic mass is 16.5. The van der Waals surface area contributed by atoms with Gasteiger partial charge in [0, 0.05) is 12.3 Å². The van der Waals surface area contributed by atoms with Gasteiger partial charge in [0.1, 0.15) is 12.3 Å². The van der Waals surface area contributed by atoms with E-state index in [4.69, 9.17) is 4.74 Å². The number of nitrogens with one attached hydrogen (secondary N) is 2. The third-order valence-electron chi connectivity index (χ3n) is 4.86. The zero-order chi connectivity index (χ0) is 20.0. The van der Waals surface area contributed by atoms with Crippen LogP contribution in [0, 0.1) is 5.92 Å². The Balaban J connectivity index is 1.77. The number of rotatable bonds is 4. The predicted molar refractivity (Wildman–Crippen MR) is 101 cm³/mol. The highest BCUT2D eigenvalue weighted by Gasteiger charge is 2.35. The Kier molecular flexibility index (Phi) is 4.61. The summed E-state index contributed by atoms with van der Waals surface area (Å²) in [6.45, 7) is 3.21. The van der Waals surface area contributed by atoms with Gasteiger partial charge in [-0.25, -0.2) is 9.97 Å². The number of hydrogen-bond acceptors (Lipinski definition) is 7. The van der Waals surface area contributed by atoms with E-state index in [9.17, 15) is 19.8 Å². The Morgan fingerprint density at radius 1 is 1.43 bits per heavy atom. The number of carbonyl (C=O) groups is 1. The van der Waals surface area contributed by atoms with Crippen LogP contribution in [0.25, 0.3) is 21.9 Å². The summed E-state index contributed by atoms with van der Waals surface area (Å²) in [5.74, 6) is -0.429. The molecule has 1 fully saturated rings. The molecule has 2 aromatic heterocycles. The van der Waals surface area contributed by atoms with Gasteiger partial charge >= 0.3 is 0 Å². The second-order valence-electron chi connectivity index (χ2n) is 7.18. The Morgan fingerprint density at radius 3 is 2.89 bits per heavy atom. The number of aromatic nitrogens is 4. The van der Waals surface area contributed by atoms with Gasteiger partial charge < -0.3 is 19.5 Å². The maximum absolute atomic E-state index is 12.4. The molecule has 0 saturated carbocycles. The molecule has 10 nitrogen and oxygen atoms in total. The van der Waals surface area contributed by atoms with Crippen molar-refractivity contribution < 1.29 is 19.7 Å². The fourth-order valence-electron chi connectivity index (χ4n) is 3.26. The summed E-state index contributed by atoms with van der Waals surface area (Å²) in [6.07, 6.45) is -0.0334. The molecule has 0 unspecified atom stereocenters. The first-order valence-corrected chi connectivity index (χ1v) is 9.03. The van der Waals surface area contributed by atoms with Gasteiger partial charge in [-0.1, -0.05) is 13.8 Å². The van der Waals surface area contributed by atoms with Gasteiger partial charge in [-0.2, -0.15) is 0 Å². The number of aliphatic hydroxyl groups excluding tert-OH is 2. The molecule has 1 aliphatic rings. The predicted octanol–water partition coefficient (Wildman–Crippen LogP) is 0.508. The zero-order valence-corrected chi connectivity index (χ0v) is 15.4. The van der Waals surface area contributed by atoms with E-state index in [0.29, 0.717) is 28.4 Å². The third-order valence-corrected chi connectivity index (χ3v) is 4.86. The molecule has 1 saturated heterocycles. The highest BCUT2D eigenvalue weighted by molar-refractivity contribution is 5.95. The molecule has 10 heteroatoms. The van der Waals surface area contributed by atoms with Crippen molar-refractivity contribution in [3.8, 4) is 0 Å². The van der Waals surface area contributed by atoms with E-state index in [0.717, 1.165) is 0 Å². The van der Waals surface area contributed by atoms with Gasteiger partial charge in [0.15, 0.2) is 0 Å². The van der Waals surface area contributed by atoms with Crippen LogP contribution in [0.1, 0.15) is 26.5 Å². The van der Waals surface area contributed by atoms with E-state index < -0.39 is 18.4 Å². The smallest absolute Gasteiger partial charge is 0.260 e. The number of nitrogens with zero attached hydrogens (tertiary/aromatic N) is 3. The van der Waals surface area contributed by atoms with Crippen LogP contribution in [-0.2, 0) is 9.53 Å². The molecule has 1 amide bonds. The van der Waals surface area contributed by atoms with Crippen molar-refractivity contribution in [1.82, 2.24) is 19.5 Å². The minimum Gasteiger partial charge on any atom is -0.394 e. The minimum atomic E-state index is -0.772. The SMILES string of the molecule is CC(C)C(=O)Nc1nc2cc3c(cc2c(=O)[nH]1)ncn3[C@H]1C[C@H](O)[C@@H](CO)O1. The molecule has 0 spiro atoms. The molecule has 148 valence electrons. The summed E-state index contributed by atoms with van der Waals surface area (Å²) in [6, 6.07) is 3.32. The molecule has 0 radical (unpaired) electrons. The van der Waals surface area contributed by atoms with Crippen molar-refractivity contribution in [3.63, 3.8) is 0 Å². The number of benzene rings is 1. The number of ether oxygens (including phenoxy) is 1. The minimum absolute atomic E-state index is 0.0782.